The number of carbonyl (C=O) groups is 1. The molecule has 0 radical (unpaired) electrons. The highest BCUT2D eigenvalue weighted by molar-refractivity contribution is 7.18. The Balaban J connectivity index is 2.16. The van der Waals surface area contributed by atoms with E-state index in [-0.39, 0.29) is 16.4 Å². The van der Waals surface area contributed by atoms with E-state index in [1.165, 1.54) is 12.1 Å². The first-order valence-electron chi connectivity index (χ1n) is 6.28. The summed E-state index contributed by atoms with van der Waals surface area (Å²) < 4.78 is 26.6. The largest absolute Gasteiger partial charge is 0.382 e. The van der Waals surface area contributed by atoms with Gasteiger partial charge in [-0.05, 0) is 18.6 Å². The number of aromatic nitrogens is 1. The molecule has 112 valence electrons. The van der Waals surface area contributed by atoms with Crippen LogP contribution in [0.2, 0.25) is 0 Å². The van der Waals surface area contributed by atoms with E-state index < -0.39 is 17.5 Å². The van der Waals surface area contributed by atoms with Gasteiger partial charge in [-0.25, -0.2) is 13.8 Å². The number of nitrogens with one attached hydrogen (secondary N) is 2. The van der Waals surface area contributed by atoms with E-state index in [0.29, 0.717) is 11.7 Å². The second-order valence-corrected chi connectivity index (χ2v) is 5.21. The number of benzene rings is 1. The van der Waals surface area contributed by atoms with Gasteiger partial charge in [0.25, 0.3) is 5.91 Å². The van der Waals surface area contributed by atoms with E-state index in [1.54, 1.807) is 0 Å². The molecule has 0 bridgehead atoms. The van der Waals surface area contributed by atoms with Crippen LogP contribution < -0.4 is 16.4 Å². The number of amides is 1. The predicted molar refractivity (Wildman–Crippen MR) is 79.6 cm³/mol. The molecule has 0 fully saturated rings. The third-order valence-electron chi connectivity index (χ3n) is 2.59. The molecule has 1 amide bonds. The smallest absolute Gasteiger partial charge is 0.269 e. The summed E-state index contributed by atoms with van der Waals surface area (Å²) in [5.41, 5.74) is 5.43. The van der Waals surface area contributed by atoms with Crippen LogP contribution in [0.3, 0.4) is 0 Å². The Kier molecular flexibility index (Phi) is 4.69. The summed E-state index contributed by atoms with van der Waals surface area (Å²) in [4.78, 5) is 16.2. The molecule has 0 atom stereocenters. The Morgan fingerprint density at radius 1 is 1.43 bits per heavy atom. The highest BCUT2D eigenvalue weighted by Gasteiger charge is 2.18. The first-order valence-corrected chi connectivity index (χ1v) is 7.10. The van der Waals surface area contributed by atoms with E-state index in [9.17, 15) is 13.6 Å². The SMILES string of the molecule is CCCNc1nc(N)c(C(=O)Nc2cccc(F)c2F)s1. The summed E-state index contributed by atoms with van der Waals surface area (Å²) in [5.74, 6) is -2.72. The zero-order valence-corrected chi connectivity index (χ0v) is 12.1. The topological polar surface area (TPSA) is 80.0 Å². The fourth-order valence-electron chi connectivity index (χ4n) is 1.58. The number of carbonyl (C=O) groups excluding carboxylic acids is 1. The molecule has 2 aromatic rings. The average molecular weight is 312 g/mol. The lowest BCUT2D eigenvalue weighted by atomic mass is 10.3. The number of halogens is 2. The van der Waals surface area contributed by atoms with Crippen LogP contribution in [-0.4, -0.2) is 17.4 Å². The number of thiazole rings is 1. The van der Waals surface area contributed by atoms with Crippen molar-refractivity contribution in [3.8, 4) is 0 Å². The maximum atomic E-state index is 13.5. The summed E-state index contributed by atoms with van der Waals surface area (Å²) in [6.45, 7) is 2.69. The van der Waals surface area contributed by atoms with Crippen LogP contribution in [0.4, 0.5) is 25.4 Å². The number of nitrogens with zero attached hydrogens (tertiary/aromatic N) is 1. The Labute approximate surface area is 124 Å². The second-order valence-electron chi connectivity index (χ2n) is 4.22. The minimum absolute atomic E-state index is 0.0490. The van der Waals surface area contributed by atoms with Crippen LogP contribution in [0.25, 0.3) is 0 Å². The molecule has 0 aliphatic rings. The average Bonchev–Trinajstić information content (AvgIpc) is 2.83. The molecule has 0 spiro atoms. The van der Waals surface area contributed by atoms with Crippen LogP contribution in [0.5, 0.6) is 0 Å². The Bertz CT molecular complexity index is 660. The van der Waals surface area contributed by atoms with E-state index in [4.69, 9.17) is 5.73 Å². The van der Waals surface area contributed by atoms with Crippen LogP contribution in [0, 0.1) is 11.6 Å². The normalized spacial score (nSPS) is 10.4. The maximum Gasteiger partial charge on any atom is 0.269 e. The summed E-state index contributed by atoms with van der Waals surface area (Å²) in [6.07, 6.45) is 0.898. The number of nitrogen functional groups attached to an aromatic ring is 1. The van der Waals surface area contributed by atoms with Gasteiger partial charge >= 0.3 is 0 Å². The van der Waals surface area contributed by atoms with Crippen LogP contribution in [0.15, 0.2) is 18.2 Å². The van der Waals surface area contributed by atoms with Crippen molar-refractivity contribution in [1.82, 2.24) is 4.98 Å². The highest BCUT2D eigenvalue weighted by atomic mass is 32.1. The number of nitrogens with two attached hydrogens (primary N) is 1. The van der Waals surface area contributed by atoms with Gasteiger partial charge in [0, 0.05) is 6.54 Å². The van der Waals surface area contributed by atoms with Gasteiger partial charge in [0.1, 0.15) is 10.7 Å². The third kappa shape index (κ3) is 3.46. The first kappa shape index (κ1) is 15.2. The summed E-state index contributed by atoms with van der Waals surface area (Å²) in [7, 11) is 0. The monoisotopic (exact) mass is 312 g/mol. The van der Waals surface area contributed by atoms with Crippen LogP contribution >= 0.6 is 11.3 Å². The molecule has 0 unspecified atom stereocenters. The van der Waals surface area contributed by atoms with Gasteiger partial charge in [-0.1, -0.05) is 24.3 Å². The van der Waals surface area contributed by atoms with E-state index >= 15 is 0 Å². The molecule has 0 saturated carbocycles. The summed E-state index contributed by atoms with van der Waals surface area (Å²) >= 11 is 1.06. The molecule has 8 heteroatoms. The van der Waals surface area contributed by atoms with Crippen molar-refractivity contribution in [1.29, 1.82) is 0 Å². The van der Waals surface area contributed by atoms with Crippen molar-refractivity contribution in [2.24, 2.45) is 0 Å². The molecular formula is C13H14F2N4OS. The molecule has 5 nitrogen and oxygen atoms in total. The molecule has 1 aromatic heterocycles. The second kappa shape index (κ2) is 6.49. The summed E-state index contributed by atoms with van der Waals surface area (Å²) in [5, 5.41) is 5.81. The first-order chi connectivity index (χ1) is 10.0. The van der Waals surface area contributed by atoms with E-state index in [1.807, 2.05) is 6.92 Å². The molecule has 1 heterocycles. The lowest BCUT2D eigenvalue weighted by Gasteiger charge is -2.05. The van der Waals surface area contributed by atoms with Gasteiger partial charge in [0.2, 0.25) is 0 Å². The molecule has 0 saturated heterocycles. The zero-order chi connectivity index (χ0) is 15.4. The van der Waals surface area contributed by atoms with Crippen molar-refractivity contribution in [3.63, 3.8) is 0 Å². The van der Waals surface area contributed by atoms with Crippen LogP contribution in [0.1, 0.15) is 23.0 Å². The lowest BCUT2D eigenvalue weighted by molar-refractivity contribution is 0.103. The number of hydrogen-bond acceptors (Lipinski definition) is 5. The minimum atomic E-state index is -1.11. The Hall–Kier alpha value is -2.22. The lowest BCUT2D eigenvalue weighted by Crippen LogP contribution is -2.13. The fraction of sp³-hybridized carbons (Fsp3) is 0.231. The number of anilines is 3. The number of hydrogen-bond donors (Lipinski definition) is 3. The standard InChI is InChI=1S/C13H14F2N4OS/c1-2-6-17-13-19-11(16)10(21-13)12(20)18-8-5-3-4-7(14)9(8)15/h3-5H,2,6,16H2,1H3,(H,17,19)(H,18,20). The van der Waals surface area contributed by atoms with Gasteiger partial charge in [-0.2, -0.15) is 0 Å². The maximum absolute atomic E-state index is 13.5. The van der Waals surface area contributed by atoms with Crippen molar-refractivity contribution >= 4 is 33.9 Å². The molecule has 0 aliphatic heterocycles. The van der Waals surface area contributed by atoms with Gasteiger partial charge in [-0.15, -0.1) is 0 Å². The number of rotatable bonds is 5. The highest BCUT2D eigenvalue weighted by Crippen LogP contribution is 2.26. The molecular weight excluding hydrogens is 298 g/mol. The fourth-order valence-corrected chi connectivity index (χ4v) is 2.39. The molecule has 4 N–H and O–H groups in total. The molecule has 1 aromatic carbocycles. The Morgan fingerprint density at radius 3 is 2.90 bits per heavy atom. The minimum Gasteiger partial charge on any atom is -0.382 e. The predicted octanol–water partition coefficient (Wildman–Crippen LogP) is 3.08. The van der Waals surface area contributed by atoms with Gasteiger partial charge in [-0.3, -0.25) is 4.79 Å². The van der Waals surface area contributed by atoms with Crippen LogP contribution in [-0.2, 0) is 0 Å². The Morgan fingerprint density at radius 2 is 2.19 bits per heavy atom. The van der Waals surface area contributed by atoms with Crippen molar-refractivity contribution in [3.05, 3.63) is 34.7 Å². The van der Waals surface area contributed by atoms with Gasteiger partial charge in [0.15, 0.2) is 16.8 Å². The molecule has 21 heavy (non-hydrogen) atoms. The zero-order valence-electron chi connectivity index (χ0n) is 11.2. The van der Waals surface area contributed by atoms with Crippen molar-refractivity contribution < 1.29 is 13.6 Å². The van der Waals surface area contributed by atoms with Gasteiger partial charge in [0.05, 0.1) is 5.69 Å². The van der Waals surface area contributed by atoms with E-state index in [0.717, 1.165) is 23.8 Å². The third-order valence-corrected chi connectivity index (χ3v) is 3.61. The van der Waals surface area contributed by atoms with E-state index in [2.05, 4.69) is 15.6 Å². The van der Waals surface area contributed by atoms with Gasteiger partial charge < -0.3 is 16.4 Å². The van der Waals surface area contributed by atoms with Crippen molar-refractivity contribution in [2.45, 2.75) is 13.3 Å². The molecule has 0 aliphatic carbocycles. The molecule has 2 rings (SSSR count). The summed E-state index contributed by atoms with van der Waals surface area (Å²) in [6, 6.07) is 3.54. The quantitative estimate of drug-likeness (QED) is 0.792. The van der Waals surface area contributed by atoms with Crippen molar-refractivity contribution in [2.75, 3.05) is 22.9 Å².